The SMILES string of the molecule is CNCC(OC(C)C)c1cc(F)ccc1F. The van der Waals surface area contributed by atoms with E-state index in [1.54, 1.807) is 7.05 Å². The molecule has 0 aliphatic rings. The number of rotatable bonds is 5. The summed E-state index contributed by atoms with van der Waals surface area (Å²) in [5.74, 6) is -0.896. The Morgan fingerprint density at radius 2 is 2.00 bits per heavy atom. The summed E-state index contributed by atoms with van der Waals surface area (Å²) in [5.41, 5.74) is 0.253. The lowest BCUT2D eigenvalue weighted by molar-refractivity contribution is 0.00609. The van der Waals surface area contributed by atoms with Crippen LogP contribution in [0, 0.1) is 11.6 Å². The minimum absolute atomic E-state index is 0.0407. The molecule has 1 unspecified atom stereocenters. The fourth-order valence-corrected chi connectivity index (χ4v) is 1.51. The summed E-state index contributed by atoms with van der Waals surface area (Å²) in [6, 6.07) is 3.40. The summed E-state index contributed by atoms with van der Waals surface area (Å²) in [5, 5.41) is 2.90. The molecule has 1 N–H and O–H groups in total. The fourth-order valence-electron chi connectivity index (χ4n) is 1.51. The van der Waals surface area contributed by atoms with Crippen molar-refractivity contribution in [3.63, 3.8) is 0 Å². The van der Waals surface area contributed by atoms with E-state index >= 15 is 0 Å². The highest BCUT2D eigenvalue weighted by molar-refractivity contribution is 5.21. The van der Waals surface area contributed by atoms with Crippen LogP contribution in [0.2, 0.25) is 0 Å². The standard InChI is InChI=1S/C12H17F2NO/c1-8(2)16-12(7-15-3)10-6-9(13)4-5-11(10)14/h4-6,8,12,15H,7H2,1-3H3. The fraction of sp³-hybridized carbons (Fsp3) is 0.500. The van der Waals surface area contributed by atoms with Crippen molar-refractivity contribution in [2.75, 3.05) is 13.6 Å². The molecule has 0 saturated carbocycles. The molecule has 0 fully saturated rings. The van der Waals surface area contributed by atoms with Crippen LogP contribution in [-0.4, -0.2) is 19.7 Å². The maximum absolute atomic E-state index is 13.5. The highest BCUT2D eigenvalue weighted by Crippen LogP contribution is 2.22. The number of hydrogen-bond donors (Lipinski definition) is 1. The van der Waals surface area contributed by atoms with Gasteiger partial charge in [-0.15, -0.1) is 0 Å². The molecular weight excluding hydrogens is 212 g/mol. The molecule has 0 spiro atoms. The highest BCUT2D eigenvalue weighted by Gasteiger charge is 2.17. The Kier molecular flexibility index (Phi) is 4.83. The van der Waals surface area contributed by atoms with Crippen LogP contribution in [0.4, 0.5) is 8.78 Å². The molecule has 1 aromatic carbocycles. The second kappa shape index (κ2) is 5.92. The molecule has 0 aromatic heterocycles. The Balaban J connectivity index is 2.94. The van der Waals surface area contributed by atoms with Crippen LogP contribution >= 0.6 is 0 Å². The lowest BCUT2D eigenvalue weighted by atomic mass is 10.1. The molecule has 90 valence electrons. The predicted octanol–water partition coefficient (Wildman–Crippen LogP) is 2.65. The number of nitrogens with one attached hydrogen (secondary N) is 1. The molecule has 0 heterocycles. The first kappa shape index (κ1) is 13.1. The Morgan fingerprint density at radius 1 is 1.31 bits per heavy atom. The van der Waals surface area contributed by atoms with Crippen LogP contribution in [0.15, 0.2) is 18.2 Å². The Labute approximate surface area is 94.6 Å². The van der Waals surface area contributed by atoms with E-state index in [9.17, 15) is 8.78 Å². The number of ether oxygens (including phenoxy) is 1. The summed E-state index contributed by atoms with van der Waals surface area (Å²) in [4.78, 5) is 0. The third-order valence-corrected chi connectivity index (χ3v) is 2.13. The van der Waals surface area contributed by atoms with Gasteiger partial charge in [0.15, 0.2) is 0 Å². The van der Waals surface area contributed by atoms with E-state index in [1.165, 1.54) is 6.07 Å². The van der Waals surface area contributed by atoms with Crippen molar-refractivity contribution in [2.45, 2.75) is 26.1 Å². The van der Waals surface area contributed by atoms with Gasteiger partial charge in [0.2, 0.25) is 0 Å². The normalized spacial score (nSPS) is 13.1. The third kappa shape index (κ3) is 3.54. The number of benzene rings is 1. The molecule has 1 aromatic rings. The van der Waals surface area contributed by atoms with Crippen LogP contribution < -0.4 is 5.32 Å². The van der Waals surface area contributed by atoms with Gasteiger partial charge in [-0.25, -0.2) is 8.78 Å². The molecule has 0 aliphatic carbocycles. The van der Waals surface area contributed by atoms with Crippen molar-refractivity contribution < 1.29 is 13.5 Å². The molecule has 0 saturated heterocycles. The molecule has 4 heteroatoms. The molecule has 2 nitrogen and oxygen atoms in total. The zero-order valence-electron chi connectivity index (χ0n) is 9.76. The van der Waals surface area contributed by atoms with Gasteiger partial charge in [-0.2, -0.15) is 0 Å². The van der Waals surface area contributed by atoms with Crippen LogP contribution in [-0.2, 0) is 4.74 Å². The van der Waals surface area contributed by atoms with Crippen LogP contribution in [0.5, 0.6) is 0 Å². The Bertz CT molecular complexity index is 342. The summed E-state index contributed by atoms with van der Waals surface area (Å²) in [7, 11) is 1.74. The van der Waals surface area contributed by atoms with Crippen molar-refractivity contribution in [2.24, 2.45) is 0 Å². The van der Waals surface area contributed by atoms with E-state index in [-0.39, 0.29) is 11.7 Å². The molecule has 1 atom stereocenters. The van der Waals surface area contributed by atoms with Gasteiger partial charge in [-0.05, 0) is 39.1 Å². The molecule has 0 bridgehead atoms. The first-order chi connectivity index (χ1) is 7.54. The number of hydrogen-bond acceptors (Lipinski definition) is 2. The topological polar surface area (TPSA) is 21.3 Å². The lowest BCUT2D eigenvalue weighted by Gasteiger charge is -2.21. The van der Waals surface area contributed by atoms with Crippen molar-refractivity contribution in [3.8, 4) is 0 Å². The van der Waals surface area contributed by atoms with Gasteiger partial charge in [0.1, 0.15) is 11.6 Å². The van der Waals surface area contributed by atoms with E-state index < -0.39 is 17.7 Å². The monoisotopic (exact) mass is 229 g/mol. The van der Waals surface area contributed by atoms with Gasteiger partial charge in [0, 0.05) is 12.1 Å². The van der Waals surface area contributed by atoms with Crippen molar-refractivity contribution in [3.05, 3.63) is 35.4 Å². The van der Waals surface area contributed by atoms with E-state index in [0.717, 1.165) is 12.1 Å². The second-order valence-electron chi connectivity index (χ2n) is 3.90. The van der Waals surface area contributed by atoms with Gasteiger partial charge < -0.3 is 10.1 Å². The molecule has 1 rings (SSSR count). The minimum atomic E-state index is -0.472. The lowest BCUT2D eigenvalue weighted by Crippen LogP contribution is -2.23. The smallest absolute Gasteiger partial charge is 0.129 e. The van der Waals surface area contributed by atoms with Crippen molar-refractivity contribution >= 4 is 0 Å². The van der Waals surface area contributed by atoms with E-state index in [0.29, 0.717) is 6.54 Å². The molecule has 16 heavy (non-hydrogen) atoms. The quantitative estimate of drug-likeness (QED) is 0.838. The van der Waals surface area contributed by atoms with Gasteiger partial charge >= 0.3 is 0 Å². The van der Waals surface area contributed by atoms with Crippen molar-refractivity contribution in [1.29, 1.82) is 0 Å². The summed E-state index contributed by atoms with van der Waals surface area (Å²) >= 11 is 0. The second-order valence-corrected chi connectivity index (χ2v) is 3.90. The maximum atomic E-state index is 13.5. The van der Waals surface area contributed by atoms with E-state index in [4.69, 9.17) is 4.74 Å². The van der Waals surface area contributed by atoms with E-state index in [2.05, 4.69) is 5.32 Å². The van der Waals surface area contributed by atoms with Gasteiger partial charge in [0.25, 0.3) is 0 Å². The van der Waals surface area contributed by atoms with Gasteiger partial charge in [-0.1, -0.05) is 0 Å². The first-order valence-electron chi connectivity index (χ1n) is 5.29. The van der Waals surface area contributed by atoms with Crippen LogP contribution in [0.3, 0.4) is 0 Å². The molecule has 0 aliphatic heterocycles. The van der Waals surface area contributed by atoms with Crippen LogP contribution in [0.1, 0.15) is 25.5 Å². The van der Waals surface area contributed by atoms with E-state index in [1.807, 2.05) is 13.8 Å². The minimum Gasteiger partial charge on any atom is -0.369 e. The predicted molar refractivity (Wildman–Crippen MR) is 59.2 cm³/mol. The summed E-state index contributed by atoms with van der Waals surface area (Å²) < 4.78 is 32.1. The van der Waals surface area contributed by atoms with Gasteiger partial charge in [-0.3, -0.25) is 0 Å². The zero-order valence-corrected chi connectivity index (χ0v) is 9.76. The molecule has 0 amide bonds. The molecular formula is C12H17F2NO. The van der Waals surface area contributed by atoms with Gasteiger partial charge in [0.05, 0.1) is 12.2 Å². The van der Waals surface area contributed by atoms with Crippen LogP contribution in [0.25, 0.3) is 0 Å². The third-order valence-electron chi connectivity index (χ3n) is 2.13. The Hall–Kier alpha value is -1.00. The summed E-state index contributed by atoms with van der Waals surface area (Å²) in [6.45, 7) is 4.16. The maximum Gasteiger partial charge on any atom is 0.129 e. The molecule has 0 radical (unpaired) electrons. The van der Waals surface area contributed by atoms with Crippen molar-refractivity contribution in [1.82, 2.24) is 5.32 Å². The first-order valence-corrected chi connectivity index (χ1v) is 5.29. The highest BCUT2D eigenvalue weighted by atomic mass is 19.1. The largest absolute Gasteiger partial charge is 0.369 e. The average Bonchev–Trinajstić information content (AvgIpc) is 2.20. The average molecular weight is 229 g/mol. The number of halogens is 2. The summed E-state index contributed by atoms with van der Waals surface area (Å²) in [6.07, 6.45) is -0.512. The Morgan fingerprint density at radius 3 is 2.56 bits per heavy atom. The zero-order chi connectivity index (χ0) is 12.1. The number of likely N-dealkylation sites (N-methyl/N-ethyl adjacent to an activating group) is 1.